The maximum absolute atomic E-state index is 12.2. The number of carbonyl (C=O) groups is 1. The molecule has 1 saturated carbocycles. The van der Waals surface area contributed by atoms with E-state index >= 15 is 0 Å². The third-order valence-corrected chi connectivity index (χ3v) is 4.44. The number of hydrogen-bond donors (Lipinski definition) is 2. The largest absolute Gasteiger partial charge is 0.363 e. The van der Waals surface area contributed by atoms with Crippen LogP contribution in [-0.2, 0) is 0 Å². The third kappa shape index (κ3) is 4.65. The normalized spacial score (nSPS) is 19.9. The number of nitrogens with one attached hydrogen (secondary N) is 2. The van der Waals surface area contributed by atoms with E-state index < -0.39 is 0 Å². The number of nitrogens with zero attached hydrogens (tertiary/aromatic N) is 4. The van der Waals surface area contributed by atoms with Gasteiger partial charge in [0.05, 0.1) is 0 Å². The molecule has 0 saturated heterocycles. The van der Waals surface area contributed by atoms with Crippen molar-refractivity contribution in [2.75, 3.05) is 24.3 Å². The first kappa shape index (κ1) is 17.1. The molecule has 2 aromatic rings. The van der Waals surface area contributed by atoms with E-state index in [1.54, 1.807) is 30.7 Å². The molecule has 0 spiro atoms. The van der Waals surface area contributed by atoms with Crippen LogP contribution in [0.3, 0.4) is 0 Å². The fourth-order valence-corrected chi connectivity index (χ4v) is 3.00. The summed E-state index contributed by atoms with van der Waals surface area (Å²) in [4.78, 5) is 26.9. The van der Waals surface area contributed by atoms with E-state index in [0.717, 1.165) is 31.5 Å². The first-order valence-electron chi connectivity index (χ1n) is 8.59. The van der Waals surface area contributed by atoms with E-state index in [1.165, 1.54) is 0 Å². The molecule has 0 unspecified atom stereocenters. The molecule has 25 heavy (non-hydrogen) atoms. The SMILES string of the molecule is CN(C)c1ccnc(NC2CCC(NC(=O)c3ccncc3)CC2)n1. The van der Waals surface area contributed by atoms with Crippen LogP contribution in [-0.4, -0.2) is 47.0 Å². The van der Waals surface area contributed by atoms with Gasteiger partial charge in [-0.2, -0.15) is 4.98 Å². The standard InChI is InChI=1S/C18H24N6O/c1-24(2)16-9-12-20-18(23-16)22-15-5-3-14(4-6-15)21-17(25)13-7-10-19-11-8-13/h7-12,14-15H,3-6H2,1-2H3,(H,21,25)(H,20,22,23). The molecule has 0 bridgehead atoms. The molecule has 0 aromatic carbocycles. The number of rotatable bonds is 5. The predicted octanol–water partition coefficient (Wildman–Crippen LogP) is 2.09. The second-order valence-electron chi connectivity index (χ2n) is 6.54. The second kappa shape index (κ2) is 7.92. The first-order chi connectivity index (χ1) is 12.1. The summed E-state index contributed by atoms with van der Waals surface area (Å²) in [6, 6.07) is 5.91. The van der Waals surface area contributed by atoms with E-state index in [-0.39, 0.29) is 11.9 Å². The van der Waals surface area contributed by atoms with E-state index in [4.69, 9.17) is 0 Å². The third-order valence-electron chi connectivity index (χ3n) is 4.44. The van der Waals surface area contributed by atoms with Gasteiger partial charge < -0.3 is 15.5 Å². The van der Waals surface area contributed by atoms with Crippen LogP contribution in [0.25, 0.3) is 0 Å². The number of pyridine rings is 1. The molecule has 1 aliphatic carbocycles. The van der Waals surface area contributed by atoms with Crippen LogP contribution in [0.15, 0.2) is 36.8 Å². The van der Waals surface area contributed by atoms with Crippen molar-refractivity contribution < 1.29 is 4.79 Å². The average Bonchev–Trinajstić information content (AvgIpc) is 2.64. The van der Waals surface area contributed by atoms with Crippen LogP contribution < -0.4 is 15.5 Å². The van der Waals surface area contributed by atoms with Gasteiger partial charge in [0.2, 0.25) is 5.95 Å². The quantitative estimate of drug-likeness (QED) is 0.867. The van der Waals surface area contributed by atoms with Gasteiger partial charge in [-0.3, -0.25) is 9.78 Å². The maximum Gasteiger partial charge on any atom is 0.251 e. The summed E-state index contributed by atoms with van der Waals surface area (Å²) in [5, 5.41) is 6.52. The average molecular weight is 340 g/mol. The minimum atomic E-state index is -0.0270. The minimum absolute atomic E-state index is 0.0270. The lowest BCUT2D eigenvalue weighted by molar-refractivity contribution is 0.0926. The van der Waals surface area contributed by atoms with Crippen molar-refractivity contribution in [3.05, 3.63) is 42.4 Å². The molecular formula is C18H24N6O. The van der Waals surface area contributed by atoms with Crippen molar-refractivity contribution in [3.8, 4) is 0 Å². The minimum Gasteiger partial charge on any atom is -0.363 e. The summed E-state index contributed by atoms with van der Waals surface area (Å²) >= 11 is 0. The number of amides is 1. The van der Waals surface area contributed by atoms with Gasteiger partial charge in [-0.1, -0.05) is 0 Å². The number of aromatic nitrogens is 3. The lowest BCUT2D eigenvalue weighted by Gasteiger charge is -2.29. The highest BCUT2D eigenvalue weighted by Crippen LogP contribution is 2.22. The van der Waals surface area contributed by atoms with Crippen molar-refractivity contribution >= 4 is 17.7 Å². The lowest BCUT2D eigenvalue weighted by atomic mass is 9.91. The van der Waals surface area contributed by atoms with Gasteiger partial charge in [-0.25, -0.2) is 4.98 Å². The topological polar surface area (TPSA) is 83.0 Å². The van der Waals surface area contributed by atoms with Crippen LogP contribution in [0.4, 0.5) is 11.8 Å². The van der Waals surface area contributed by atoms with Crippen LogP contribution in [0, 0.1) is 0 Å². The van der Waals surface area contributed by atoms with Crippen molar-refractivity contribution in [1.82, 2.24) is 20.3 Å². The Morgan fingerprint density at radius 1 is 1.04 bits per heavy atom. The van der Waals surface area contributed by atoms with Gasteiger partial charge in [0.25, 0.3) is 5.91 Å². The molecule has 1 fully saturated rings. The van der Waals surface area contributed by atoms with Crippen molar-refractivity contribution in [1.29, 1.82) is 0 Å². The Balaban J connectivity index is 1.49. The van der Waals surface area contributed by atoms with Gasteiger partial charge in [0, 0.05) is 50.3 Å². The van der Waals surface area contributed by atoms with Gasteiger partial charge >= 0.3 is 0 Å². The molecule has 132 valence electrons. The lowest BCUT2D eigenvalue weighted by Crippen LogP contribution is -2.40. The molecule has 0 atom stereocenters. The monoisotopic (exact) mass is 340 g/mol. The Morgan fingerprint density at radius 2 is 1.72 bits per heavy atom. The maximum atomic E-state index is 12.2. The molecule has 1 amide bonds. The van der Waals surface area contributed by atoms with E-state index in [0.29, 0.717) is 17.6 Å². The Hall–Kier alpha value is -2.70. The molecule has 2 heterocycles. The number of anilines is 2. The van der Waals surface area contributed by atoms with E-state index in [9.17, 15) is 4.79 Å². The predicted molar refractivity (Wildman–Crippen MR) is 97.7 cm³/mol. The first-order valence-corrected chi connectivity index (χ1v) is 8.59. The molecule has 2 aromatic heterocycles. The zero-order valence-electron chi connectivity index (χ0n) is 14.6. The van der Waals surface area contributed by atoms with Gasteiger partial charge in [-0.15, -0.1) is 0 Å². The Kier molecular flexibility index (Phi) is 5.42. The zero-order valence-corrected chi connectivity index (χ0v) is 14.6. The summed E-state index contributed by atoms with van der Waals surface area (Å²) < 4.78 is 0. The molecule has 7 nitrogen and oxygen atoms in total. The Labute approximate surface area is 147 Å². The molecule has 1 aliphatic rings. The van der Waals surface area contributed by atoms with Gasteiger partial charge in [0.15, 0.2) is 0 Å². The second-order valence-corrected chi connectivity index (χ2v) is 6.54. The zero-order chi connectivity index (χ0) is 17.6. The van der Waals surface area contributed by atoms with Crippen LogP contribution in [0.5, 0.6) is 0 Å². The van der Waals surface area contributed by atoms with Crippen LogP contribution >= 0.6 is 0 Å². The van der Waals surface area contributed by atoms with E-state index in [2.05, 4.69) is 25.6 Å². The van der Waals surface area contributed by atoms with Gasteiger partial charge in [-0.05, 0) is 43.9 Å². The molecule has 3 rings (SSSR count). The molecule has 2 N–H and O–H groups in total. The van der Waals surface area contributed by atoms with Crippen molar-refractivity contribution in [3.63, 3.8) is 0 Å². The summed E-state index contributed by atoms with van der Waals surface area (Å²) in [6.45, 7) is 0. The summed E-state index contributed by atoms with van der Waals surface area (Å²) in [5.74, 6) is 1.52. The highest BCUT2D eigenvalue weighted by atomic mass is 16.1. The fourth-order valence-electron chi connectivity index (χ4n) is 3.00. The summed E-state index contributed by atoms with van der Waals surface area (Å²) in [5.41, 5.74) is 0.657. The fraction of sp³-hybridized carbons (Fsp3) is 0.444. The smallest absolute Gasteiger partial charge is 0.251 e. The molecule has 0 aliphatic heterocycles. The number of hydrogen-bond acceptors (Lipinski definition) is 6. The summed E-state index contributed by atoms with van der Waals surface area (Å²) in [7, 11) is 3.92. The molecule has 7 heteroatoms. The van der Waals surface area contributed by atoms with Crippen LogP contribution in [0.2, 0.25) is 0 Å². The Bertz CT molecular complexity index is 698. The van der Waals surface area contributed by atoms with E-state index in [1.807, 2.05) is 25.1 Å². The van der Waals surface area contributed by atoms with Gasteiger partial charge in [0.1, 0.15) is 5.82 Å². The highest BCUT2D eigenvalue weighted by Gasteiger charge is 2.23. The Morgan fingerprint density at radius 3 is 2.40 bits per heavy atom. The molecular weight excluding hydrogens is 316 g/mol. The van der Waals surface area contributed by atoms with Crippen LogP contribution in [0.1, 0.15) is 36.0 Å². The van der Waals surface area contributed by atoms with Crippen molar-refractivity contribution in [2.45, 2.75) is 37.8 Å². The molecule has 0 radical (unpaired) electrons. The highest BCUT2D eigenvalue weighted by molar-refractivity contribution is 5.94. The summed E-state index contributed by atoms with van der Waals surface area (Å²) in [6.07, 6.45) is 8.90. The van der Waals surface area contributed by atoms with Crippen molar-refractivity contribution in [2.24, 2.45) is 0 Å². The number of carbonyl (C=O) groups excluding carboxylic acids is 1.